The predicted octanol–water partition coefficient (Wildman–Crippen LogP) is 1.10. The summed E-state index contributed by atoms with van der Waals surface area (Å²) in [5.41, 5.74) is -0.0329. The first-order valence-electron chi connectivity index (χ1n) is 7.20. The topological polar surface area (TPSA) is 97.6 Å². The molecule has 2 N–H and O–H groups in total. The maximum atomic E-state index is 12.7. The molecule has 0 aliphatic carbocycles. The lowest BCUT2D eigenvalue weighted by Crippen LogP contribution is -2.46. The summed E-state index contributed by atoms with van der Waals surface area (Å²) in [5, 5.41) is 3.26. The van der Waals surface area contributed by atoms with Gasteiger partial charge in [0.2, 0.25) is 10.0 Å². The van der Waals surface area contributed by atoms with Crippen molar-refractivity contribution in [1.82, 2.24) is 10.0 Å². The van der Waals surface area contributed by atoms with Gasteiger partial charge in [0.15, 0.2) is 0 Å². The van der Waals surface area contributed by atoms with Gasteiger partial charge >= 0.3 is 5.97 Å². The SMILES string of the molecule is COC(=O)c1c(C)oc(C)c1S(=O)(=O)NC1CCNC(C)C1. The summed E-state index contributed by atoms with van der Waals surface area (Å²) in [6.07, 6.45) is 1.40. The number of esters is 1. The Kier molecular flexibility index (Phi) is 4.93. The number of ether oxygens (including phenoxy) is 1. The van der Waals surface area contributed by atoms with Gasteiger partial charge in [-0.25, -0.2) is 17.9 Å². The summed E-state index contributed by atoms with van der Waals surface area (Å²) < 4.78 is 38.1. The number of sulfonamides is 1. The Bertz CT molecular complexity index is 665. The molecule has 1 aromatic heterocycles. The minimum Gasteiger partial charge on any atom is -0.465 e. The fraction of sp³-hybridized carbons (Fsp3) is 0.643. The van der Waals surface area contributed by atoms with E-state index in [0.717, 1.165) is 6.54 Å². The summed E-state index contributed by atoms with van der Waals surface area (Å²) in [7, 11) is -2.64. The van der Waals surface area contributed by atoms with Crippen molar-refractivity contribution in [3.8, 4) is 0 Å². The average Bonchev–Trinajstić information content (AvgIpc) is 2.73. The van der Waals surface area contributed by atoms with Crippen LogP contribution in [0.5, 0.6) is 0 Å². The van der Waals surface area contributed by atoms with E-state index in [1.165, 1.54) is 14.0 Å². The largest absolute Gasteiger partial charge is 0.465 e. The van der Waals surface area contributed by atoms with E-state index in [9.17, 15) is 13.2 Å². The quantitative estimate of drug-likeness (QED) is 0.802. The molecule has 0 spiro atoms. The number of carbonyl (C=O) groups excluding carboxylic acids is 1. The number of nitrogens with one attached hydrogen (secondary N) is 2. The Morgan fingerprint density at radius 1 is 1.36 bits per heavy atom. The van der Waals surface area contributed by atoms with Crippen molar-refractivity contribution < 1.29 is 22.4 Å². The second-order valence-corrected chi connectivity index (χ2v) is 7.26. The molecular weight excluding hydrogens is 308 g/mol. The van der Waals surface area contributed by atoms with Crippen LogP contribution in [0.2, 0.25) is 0 Å². The Balaban J connectivity index is 2.35. The molecule has 0 amide bonds. The van der Waals surface area contributed by atoms with Gasteiger partial charge in [-0.2, -0.15) is 0 Å². The Labute approximate surface area is 130 Å². The molecule has 2 heterocycles. The number of methoxy groups -OCH3 is 1. The molecule has 8 heteroatoms. The molecule has 1 aromatic rings. The molecular formula is C14H22N2O5S. The van der Waals surface area contributed by atoms with E-state index in [-0.39, 0.29) is 34.1 Å². The van der Waals surface area contributed by atoms with Crippen LogP contribution in [0.15, 0.2) is 9.31 Å². The lowest BCUT2D eigenvalue weighted by atomic mass is 10.0. The van der Waals surface area contributed by atoms with Gasteiger partial charge in [-0.1, -0.05) is 0 Å². The minimum atomic E-state index is -3.85. The van der Waals surface area contributed by atoms with Crippen molar-refractivity contribution in [3.63, 3.8) is 0 Å². The molecule has 1 aliphatic rings. The van der Waals surface area contributed by atoms with Gasteiger partial charge in [0.25, 0.3) is 0 Å². The molecule has 2 rings (SSSR count). The molecule has 1 fully saturated rings. The third-order valence-electron chi connectivity index (χ3n) is 3.81. The first-order chi connectivity index (χ1) is 10.3. The van der Waals surface area contributed by atoms with Gasteiger partial charge in [-0.3, -0.25) is 0 Å². The normalized spacial score (nSPS) is 22.5. The van der Waals surface area contributed by atoms with Crippen LogP contribution in [-0.2, 0) is 14.8 Å². The zero-order valence-electron chi connectivity index (χ0n) is 13.2. The maximum absolute atomic E-state index is 12.7. The first kappa shape index (κ1) is 17.0. The molecule has 124 valence electrons. The summed E-state index contributed by atoms with van der Waals surface area (Å²) in [5.74, 6) is -0.288. The number of piperidine rings is 1. The van der Waals surface area contributed by atoms with E-state index in [1.54, 1.807) is 6.92 Å². The van der Waals surface area contributed by atoms with Crippen LogP contribution < -0.4 is 10.0 Å². The second-order valence-electron chi connectivity index (χ2n) is 5.61. The molecule has 2 unspecified atom stereocenters. The standard InChI is InChI=1S/C14H22N2O5S/c1-8-7-11(5-6-15-8)16-22(18,19)13-10(3)21-9(2)12(13)14(17)20-4/h8,11,15-16H,5-7H2,1-4H3. The zero-order chi connectivity index (χ0) is 16.5. The van der Waals surface area contributed by atoms with Gasteiger partial charge in [-0.15, -0.1) is 0 Å². The Hall–Kier alpha value is -1.38. The monoisotopic (exact) mass is 330 g/mol. The first-order valence-corrected chi connectivity index (χ1v) is 8.68. The van der Waals surface area contributed by atoms with E-state index in [1.807, 2.05) is 6.92 Å². The third kappa shape index (κ3) is 3.34. The highest BCUT2D eigenvalue weighted by atomic mass is 32.2. The smallest absolute Gasteiger partial charge is 0.342 e. The van der Waals surface area contributed by atoms with E-state index in [0.29, 0.717) is 12.8 Å². The summed E-state index contributed by atoms with van der Waals surface area (Å²) in [6, 6.07) is 0.0788. The maximum Gasteiger partial charge on any atom is 0.342 e. The summed E-state index contributed by atoms with van der Waals surface area (Å²) in [4.78, 5) is 11.8. The van der Waals surface area contributed by atoms with Crippen molar-refractivity contribution in [2.75, 3.05) is 13.7 Å². The van der Waals surface area contributed by atoms with Crippen LogP contribution in [0.25, 0.3) is 0 Å². The van der Waals surface area contributed by atoms with Gasteiger partial charge < -0.3 is 14.5 Å². The van der Waals surface area contributed by atoms with Crippen molar-refractivity contribution in [2.45, 2.75) is 50.6 Å². The van der Waals surface area contributed by atoms with Crippen LogP contribution in [0, 0.1) is 13.8 Å². The molecule has 0 aromatic carbocycles. The predicted molar refractivity (Wildman–Crippen MR) is 80.3 cm³/mol. The molecule has 0 radical (unpaired) electrons. The summed E-state index contributed by atoms with van der Waals surface area (Å²) in [6.45, 7) is 5.83. The highest BCUT2D eigenvalue weighted by molar-refractivity contribution is 7.89. The molecule has 0 bridgehead atoms. The van der Waals surface area contributed by atoms with Crippen molar-refractivity contribution >= 4 is 16.0 Å². The highest BCUT2D eigenvalue weighted by Crippen LogP contribution is 2.28. The lowest BCUT2D eigenvalue weighted by molar-refractivity contribution is 0.0594. The number of aryl methyl sites for hydroxylation is 2. The van der Waals surface area contributed by atoms with Crippen molar-refractivity contribution in [3.05, 3.63) is 17.1 Å². The fourth-order valence-corrected chi connectivity index (χ4v) is 4.53. The minimum absolute atomic E-state index is 0.0329. The molecule has 1 aliphatic heterocycles. The van der Waals surface area contributed by atoms with Gasteiger partial charge in [0.05, 0.1) is 7.11 Å². The average molecular weight is 330 g/mol. The van der Waals surface area contributed by atoms with Crippen LogP contribution in [0.4, 0.5) is 0 Å². The molecule has 22 heavy (non-hydrogen) atoms. The van der Waals surface area contributed by atoms with Crippen LogP contribution >= 0.6 is 0 Å². The van der Waals surface area contributed by atoms with Crippen molar-refractivity contribution in [1.29, 1.82) is 0 Å². The molecule has 2 atom stereocenters. The fourth-order valence-electron chi connectivity index (χ4n) is 2.84. The number of furan rings is 1. The number of hydrogen-bond acceptors (Lipinski definition) is 6. The molecule has 7 nitrogen and oxygen atoms in total. The van der Waals surface area contributed by atoms with E-state index in [2.05, 4.69) is 14.8 Å². The van der Waals surface area contributed by atoms with Crippen molar-refractivity contribution in [2.24, 2.45) is 0 Å². The zero-order valence-corrected chi connectivity index (χ0v) is 14.0. The van der Waals surface area contributed by atoms with Crippen LogP contribution in [0.3, 0.4) is 0 Å². The number of rotatable bonds is 4. The second kappa shape index (κ2) is 6.39. The van der Waals surface area contributed by atoms with E-state index >= 15 is 0 Å². The number of hydrogen-bond donors (Lipinski definition) is 2. The van der Waals surface area contributed by atoms with Gasteiger partial charge in [0, 0.05) is 12.1 Å². The Morgan fingerprint density at radius 2 is 2.05 bits per heavy atom. The van der Waals surface area contributed by atoms with E-state index < -0.39 is 16.0 Å². The lowest BCUT2D eigenvalue weighted by Gasteiger charge is -2.28. The molecule has 1 saturated heterocycles. The van der Waals surface area contributed by atoms with E-state index in [4.69, 9.17) is 4.42 Å². The molecule has 0 saturated carbocycles. The number of carbonyl (C=O) groups is 1. The Morgan fingerprint density at radius 3 is 2.64 bits per heavy atom. The van der Waals surface area contributed by atoms with Gasteiger partial charge in [-0.05, 0) is 40.2 Å². The van der Waals surface area contributed by atoms with Gasteiger partial charge in [0.1, 0.15) is 22.0 Å². The van der Waals surface area contributed by atoms with Crippen LogP contribution in [0.1, 0.15) is 41.6 Å². The third-order valence-corrected chi connectivity index (χ3v) is 5.48. The summed E-state index contributed by atoms with van der Waals surface area (Å²) >= 11 is 0. The highest BCUT2D eigenvalue weighted by Gasteiger charge is 2.33. The van der Waals surface area contributed by atoms with Crippen LogP contribution in [-0.4, -0.2) is 40.1 Å².